The molecule has 0 N–H and O–H groups in total. The average Bonchev–Trinajstić information content (AvgIpc) is 2.88. The lowest BCUT2D eigenvalue weighted by atomic mass is 9.75. The molecule has 2 fully saturated rings. The summed E-state index contributed by atoms with van der Waals surface area (Å²) in [5.41, 5.74) is 3.97. The van der Waals surface area contributed by atoms with Gasteiger partial charge < -0.3 is 4.65 Å². The first-order valence-electron chi connectivity index (χ1n) is 6.58. The number of pyridine rings is 1. The molecule has 0 aromatic carbocycles. The summed E-state index contributed by atoms with van der Waals surface area (Å²) in [6.07, 6.45) is 9.46. The fourth-order valence-electron chi connectivity index (χ4n) is 3.68. The van der Waals surface area contributed by atoms with Gasteiger partial charge >= 0.3 is 7.05 Å². The molecule has 4 heteroatoms. The van der Waals surface area contributed by atoms with Crippen molar-refractivity contribution in [2.24, 2.45) is 0 Å². The Morgan fingerprint density at radius 1 is 1.41 bits per heavy atom. The molecule has 1 saturated carbocycles. The summed E-state index contributed by atoms with van der Waals surface area (Å²) in [4.78, 5) is 4.25. The first-order valence-corrected chi connectivity index (χ1v) is 6.58. The van der Waals surface area contributed by atoms with Gasteiger partial charge in [0.1, 0.15) is 6.10 Å². The van der Waals surface area contributed by atoms with Gasteiger partial charge in [0.25, 0.3) is 0 Å². The Bertz CT molecular complexity index is 514. The normalized spacial score (nSPS) is 30.3. The van der Waals surface area contributed by atoms with E-state index >= 15 is 0 Å². The third kappa shape index (κ3) is 1.22. The third-order valence-corrected chi connectivity index (χ3v) is 4.48. The Hall–Kier alpha value is -1.16. The van der Waals surface area contributed by atoms with E-state index in [0.717, 1.165) is 0 Å². The Kier molecular flexibility index (Phi) is 1.98. The molecule has 3 heterocycles. The van der Waals surface area contributed by atoms with E-state index in [9.17, 15) is 0 Å². The van der Waals surface area contributed by atoms with Gasteiger partial charge in [-0.05, 0) is 18.9 Å². The number of nitrogens with zero attached hydrogens (tertiary/aromatic N) is 2. The van der Waals surface area contributed by atoms with Crippen molar-refractivity contribution in [3.8, 4) is 0 Å². The van der Waals surface area contributed by atoms with Crippen LogP contribution in [0.4, 0.5) is 0 Å². The minimum Gasteiger partial charge on any atom is -0.360 e. The average molecular weight is 227 g/mol. The van der Waals surface area contributed by atoms with Crippen LogP contribution < -0.4 is 5.46 Å². The van der Waals surface area contributed by atoms with Gasteiger partial charge in [0.05, 0.1) is 5.46 Å². The second-order valence-corrected chi connectivity index (χ2v) is 5.33. The van der Waals surface area contributed by atoms with Crippen LogP contribution in [0.2, 0.25) is 0 Å². The van der Waals surface area contributed by atoms with Gasteiger partial charge in [0.2, 0.25) is 0 Å². The van der Waals surface area contributed by atoms with Crippen LogP contribution in [0.5, 0.6) is 0 Å². The van der Waals surface area contributed by atoms with E-state index in [1.54, 1.807) is 0 Å². The van der Waals surface area contributed by atoms with Crippen molar-refractivity contribution in [3.63, 3.8) is 0 Å². The highest BCUT2D eigenvalue weighted by Crippen LogP contribution is 2.32. The van der Waals surface area contributed by atoms with Crippen molar-refractivity contribution in [2.75, 3.05) is 0 Å². The van der Waals surface area contributed by atoms with Gasteiger partial charge in [0.15, 0.2) is 11.8 Å². The quantitative estimate of drug-likeness (QED) is 0.616. The number of hydrogen-bond acceptors (Lipinski definition) is 2. The SMILES string of the molecule is CC1=[N+]2B(O[C@@H]3CCCCC32)c2cnccc21. The molecule has 1 aliphatic carbocycles. The maximum absolute atomic E-state index is 6.25. The lowest BCUT2D eigenvalue weighted by Gasteiger charge is -2.21. The van der Waals surface area contributed by atoms with E-state index in [0.29, 0.717) is 12.1 Å². The third-order valence-electron chi connectivity index (χ3n) is 4.48. The van der Waals surface area contributed by atoms with Crippen LogP contribution in [0.1, 0.15) is 38.2 Å². The van der Waals surface area contributed by atoms with E-state index < -0.39 is 0 Å². The van der Waals surface area contributed by atoms with Gasteiger partial charge in [-0.3, -0.25) is 9.47 Å². The van der Waals surface area contributed by atoms with Crippen LogP contribution in [0.25, 0.3) is 0 Å². The summed E-state index contributed by atoms with van der Waals surface area (Å²) in [5.74, 6) is 0. The molecule has 2 aliphatic heterocycles. The van der Waals surface area contributed by atoms with Crippen LogP contribution in [-0.4, -0.2) is 34.4 Å². The molecule has 3 nitrogen and oxygen atoms in total. The zero-order valence-corrected chi connectivity index (χ0v) is 10.1. The first kappa shape index (κ1) is 9.83. The maximum atomic E-state index is 6.25. The summed E-state index contributed by atoms with van der Waals surface area (Å²) >= 11 is 0. The topological polar surface area (TPSA) is 25.1 Å². The standard InChI is InChI=1S/C13H16BN2O/c1-9-10-6-7-15-8-11(10)14-16(9)12-4-2-3-5-13(12)17-14/h6-8,12-13H,2-5H2,1H3/q+1/t12?,13-/m1/s1. The van der Waals surface area contributed by atoms with Gasteiger partial charge in [-0.15, -0.1) is 0 Å². The fraction of sp³-hybridized carbons (Fsp3) is 0.538. The van der Waals surface area contributed by atoms with Crippen LogP contribution in [0, 0.1) is 0 Å². The molecule has 1 unspecified atom stereocenters. The largest absolute Gasteiger partial charge is 0.694 e. The molecule has 1 aromatic rings. The van der Waals surface area contributed by atoms with Gasteiger partial charge in [-0.1, -0.05) is 6.42 Å². The number of rotatable bonds is 0. The fourth-order valence-corrected chi connectivity index (χ4v) is 3.68. The molecule has 2 atom stereocenters. The van der Waals surface area contributed by atoms with Gasteiger partial charge in [0, 0.05) is 31.3 Å². The monoisotopic (exact) mass is 227 g/mol. The molecule has 1 aromatic heterocycles. The van der Waals surface area contributed by atoms with Crippen molar-refractivity contribution in [1.29, 1.82) is 0 Å². The molecular formula is C13H16BN2O+. The lowest BCUT2D eigenvalue weighted by molar-refractivity contribution is -0.427. The minimum atomic E-state index is 0.145. The highest BCUT2D eigenvalue weighted by molar-refractivity contribution is 6.65. The summed E-state index contributed by atoms with van der Waals surface area (Å²) < 4.78 is 8.75. The summed E-state index contributed by atoms with van der Waals surface area (Å²) in [7, 11) is 0.145. The van der Waals surface area contributed by atoms with Crippen molar-refractivity contribution in [2.45, 2.75) is 44.8 Å². The summed E-state index contributed by atoms with van der Waals surface area (Å²) in [6.45, 7) is 2.22. The highest BCUT2D eigenvalue weighted by Gasteiger charge is 2.59. The smallest absolute Gasteiger partial charge is 0.360 e. The van der Waals surface area contributed by atoms with Gasteiger partial charge in [-0.25, -0.2) is 0 Å². The van der Waals surface area contributed by atoms with Crippen LogP contribution >= 0.6 is 0 Å². The number of fused-ring (bicyclic) bond motifs is 5. The zero-order chi connectivity index (χ0) is 11.4. The van der Waals surface area contributed by atoms with Gasteiger partial charge in [-0.2, -0.15) is 0 Å². The van der Waals surface area contributed by atoms with Crippen molar-refractivity contribution in [1.82, 2.24) is 4.98 Å². The van der Waals surface area contributed by atoms with Crippen LogP contribution in [-0.2, 0) is 4.65 Å². The van der Waals surface area contributed by atoms with Crippen LogP contribution in [0.15, 0.2) is 18.5 Å². The molecule has 0 spiro atoms. The Morgan fingerprint density at radius 3 is 3.24 bits per heavy atom. The second-order valence-electron chi connectivity index (χ2n) is 5.33. The minimum absolute atomic E-state index is 0.145. The number of aromatic nitrogens is 1. The predicted octanol–water partition coefficient (Wildman–Crippen LogP) is 0.953. The van der Waals surface area contributed by atoms with Crippen molar-refractivity contribution >= 4 is 18.2 Å². The lowest BCUT2D eigenvalue weighted by Crippen LogP contribution is -2.38. The molecule has 17 heavy (non-hydrogen) atoms. The zero-order valence-electron chi connectivity index (χ0n) is 10.1. The molecule has 86 valence electrons. The van der Waals surface area contributed by atoms with E-state index in [1.165, 1.54) is 42.4 Å². The highest BCUT2D eigenvalue weighted by atomic mass is 16.5. The molecule has 3 aliphatic rings. The summed E-state index contributed by atoms with van der Waals surface area (Å²) in [6, 6.07) is 2.71. The molecular weight excluding hydrogens is 211 g/mol. The molecule has 0 radical (unpaired) electrons. The van der Waals surface area contributed by atoms with E-state index in [1.807, 2.05) is 12.4 Å². The molecule has 0 bridgehead atoms. The van der Waals surface area contributed by atoms with E-state index in [2.05, 4.69) is 22.5 Å². The van der Waals surface area contributed by atoms with Crippen molar-refractivity contribution < 1.29 is 9.14 Å². The summed E-state index contributed by atoms with van der Waals surface area (Å²) in [5, 5.41) is 0. The van der Waals surface area contributed by atoms with E-state index in [-0.39, 0.29) is 7.05 Å². The molecule has 0 amide bonds. The Morgan fingerprint density at radius 2 is 2.29 bits per heavy atom. The first-order chi connectivity index (χ1) is 8.36. The maximum Gasteiger partial charge on any atom is 0.694 e. The molecule has 4 rings (SSSR count). The second kappa shape index (κ2) is 3.42. The van der Waals surface area contributed by atoms with E-state index in [4.69, 9.17) is 4.65 Å². The Labute approximate surface area is 102 Å². The Balaban J connectivity index is 1.84. The molecule has 1 saturated heterocycles. The van der Waals surface area contributed by atoms with Crippen molar-refractivity contribution in [3.05, 3.63) is 24.0 Å². The predicted molar refractivity (Wildman–Crippen MR) is 66.8 cm³/mol. The van der Waals surface area contributed by atoms with Crippen LogP contribution in [0.3, 0.4) is 0 Å². The number of hydrogen-bond donors (Lipinski definition) is 0.